The van der Waals surface area contributed by atoms with Crippen molar-refractivity contribution in [3.05, 3.63) is 94.5 Å². The lowest BCUT2D eigenvalue weighted by Crippen LogP contribution is -2.29. The molecule has 1 aromatic heterocycles. The van der Waals surface area contributed by atoms with Crippen LogP contribution in [0.25, 0.3) is 5.69 Å². The number of carbonyl (C=O) groups is 1. The van der Waals surface area contributed by atoms with Gasteiger partial charge in [-0.25, -0.2) is 9.18 Å². The molecule has 3 aromatic carbocycles. The topological polar surface area (TPSA) is 81.1 Å². The van der Waals surface area contributed by atoms with Gasteiger partial charge in [0.1, 0.15) is 11.6 Å². The molecule has 4 rings (SSSR count). The molecule has 0 spiro atoms. The van der Waals surface area contributed by atoms with Crippen LogP contribution in [0.5, 0.6) is 5.75 Å². The minimum atomic E-state index is -0.378. The van der Waals surface area contributed by atoms with Gasteiger partial charge in [0.25, 0.3) is 0 Å². The van der Waals surface area contributed by atoms with Crippen molar-refractivity contribution in [1.82, 2.24) is 20.1 Å². The number of halogens is 2. The molecule has 0 fully saturated rings. The molecule has 0 saturated carbocycles. The van der Waals surface area contributed by atoms with Crippen molar-refractivity contribution in [1.29, 1.82) is 0 Å². The van der Waals surface area contributed by atoms with Gasteiger partial charge in [-0.3, -0.25) is 4.57 Å². The molecule has 0 aliphatic rings. The van der Waals surface area contributed by atoms with E-state index in [1.165, 1.54) is 23.9 Å². The molecule has 0 unspecified atom stereocenters. The van der Waals surface area contributed by atoms with Crippen molar-refractivity contribution >= 4 is 35.1 Å². The molecule has 10 heteroatoms. The van der Waals surface area contributed by atoms with Gasteiger partial charge in [-0.1, -0.05) is 41.6 Å². The largest absolute Gasteiger partial charge is 0.494 e. The minimum absolute atomic E-state index is 0.138. The number of urea groups is 1. The number of carbonyl (C=O) groups excluding carboxylic acids is 1. The number of anilines is 1. The Hall–Kier alpha value is -3.56. The van der Waals surface area contributed by atoms with E-state index in [9.17, 15) is 9.18 Å². The van der Waals surface area contributed by atoms with E-state index < -0.39 is 0 Å². The van der Waals surface area contributed by atoms with Crippen LogP contribution < -0.4 is 15.4 Å². The Morgan fingerprint density at radius 1 is 1.08 bits per heavy atom. The van der Waals surface area contributed by atoms with Gasteiger partial charge in [0.15, 0.2) is 11.0 Å². The first-order chi connectivity index (χ1) is 17.4. The lowest BCUT2D eigenvalue weighted by molar-refractivity contribution is 0.251. The van der Waals surface area contributed by atoms with Crippen molar-refractivity contribution in [2.24, 2.45) is 0 Å². The molecule has 36 heavy (non-hydrogen) atoms. The van der Waals surface area contributed by atoms with Crippen LogP contribution in [0.2, 0.25) is 5.02 Å². The zero-order valence-electron chi connectivity index (χ0n) is 19.8. The predicted octanol–water partition coefficient (Wildman–Crippen LogP) is 6.38. The number of nitrogens with zero attached hydrogens (tertiary/aromatic N) is 3. The van der Waals surface area contributed by atoms with Crippen molar-refractivity contribution < 1.29 is 13.9 Å². The molecular weight excluding hydrogens is 501 g/mol. The van der Waals surface area contributed by atoms with Gasteiger partial charge in [-0.2, -0.15) is 0 Å². The Balaban J connectivity index is 1.51. The van der Waals surface area contributed by atoms with Crippen molar-refractivity contribution in [2.45, 2.75) is 31.3 Å². The average Bonchev–Trinajstić information content (AvgIpc) is 3.28. The smallest absolute Gasteiger partial charge is 0.319 e. The Kier molecular flexibility index (Phi) is 8.45. The molecular formula is C26H25ClFN5O2S. The zero-order valence-corrected chi connectivity index (χ0v) is 21.4. The maximum Gasteiger partial charge on any atom is 0.319 e. The highest BCUT2D eigenvalue weighted by Gasteiger charge is 2.17. The SMILES string of the molecule is CCOc1ccc(NC(=O)NCc2nnc(SCc3ccc(F)cc3)n2-c2cc(Cl)ccc2C)cc1. The summed E-state index contributed by atoms with van der Waals surface area (Å²) in [6, 6.07) is 18.7. The van der Waals surface area contributed by atoms with Gasteiger partial charge in [-0.05, 0) is 73.5 Å². The van der Waals surface area contributed by atoms with Crippen LogP contribution in [0.15, 0.2) is 71.9 Å². The second-order valence-corrected chi connectivity index (χ2v) is 9.22. The molecule has 0 aliphatic carbocycles. The lowest BCUT2D eigenvalue weighted by atomic mass is 10.2. The number of rotatable bonds is 9. The summed E-state index contributed by atoms with van der Waals surface area (Å²) in [4.78, 5) is 12.5. The molecule has 2 amide bonds. The molecule has 0 saturated heterocycles. The molecule has 2 N–H and O–H groups in total. The number of thioether (sulfide) groups is 1. The van der Waals surface area contributed by atoms with E-state index in [1.807, 2.05) is 36.6 Å². The normalized spacial score (nSPS) is 10.8. The predicted molar refractivity (Wildman–Crippen MR) is 141 cm³/mol. The summed E-state index contributed by atoms with van der Waals surface area (Å²) in [6.07, 6.45) is 0. The number of ether oxygens (including phenoxy) is 1. The molecule has 0 atom stereocenters. The van der Waals surface area contributed by atoms with E-state index in [4.69, 9.17) is 16.3 Å². The quantitative estimate of drug-likeness (QED) is 0.248. The van der Waals surface area contributed by atoms with E-state index in [0.29, 0.717) is 34.1 Å². The van der Waals surface area contributed by atoms with E-state index in [1.54, 1.807) is 36.4 Å². The Morgan fingerprint density at radius 2 is 1.83 bits per heavy atom. The van der Waals surface area contributed by atoms with Crippen molar-refractivity contribution in [3.8, 4) is 11.4 Å². The highest BCUT2D eigenvalue weighted by molar-refractivity contribution is 7.98. The van der Waals surface area contributed by atoms with Crippen molar-refractivity contribution in [2.75, 3.05) is 11.9 Å². The third-order valence-electron chi connectivity index (χ3n) is 5.22. The van der Waals surface area contributed by atoms with Crippen LogP contribution in [-0.2, 0) is 12.3 Å². The summed E-state index contributed by atoms with van der Waals surface area (Å²) in [5.41, 5.74) is 3.38. The van der Waals surface area contributed by atoms with Crippen LogP contribution in [0, 0.1) is 12.7 Å². The highest BCUT2D eigenvalue weighted by Crippen LogP contribution is 2.28. The molecule has 186 valence electrons. The number of nitrogens with one attached hydrogen (secondary N) is 2. The number of aromatic nitrogens is 3. The van der Waals surface area contributed by atoms with Gasteiger partial charge in [0.2, 0.25) is 0 Å². The third kappa shape index (κ3) is 6.56. The summed E-state index contributed by atoms with van der Waals surface area (Å²) in [5.74, 6) is 1.57. The summed E-state index contributed by atoms with van der Waals surface area (Å²) < 4.78 is 20.6. The van der Waals surface area contributed by atoms with Crippen LogP contribution in [0.3, 0.4) is 0 Å². The maximum absolute atomic E-state index is 13.3. The zero-order chi connectivity index (χ0) is 25.5. The first-order valence-electron chi connectivity index (χ1n) is 11.3. The fraction of sp³-hybridized carbons (Fsp3) is 0.192. The fourth-order valence-electron chi connectivity index (χ4n) is 3.44. The van der Waals surface area contributed by atoms with E-state index >= 15 is 0 Å². The summed E-state index contributed by atoms with van der Waals surface area (Å²) >= 11 is 7.75. The van der Waals surface area contributed by atoms with E-state index in [-0.39, 0.29) is 18.4 Å². The monoisotopic (exact) mass is 525 g/mol. The van der Waals surface area contributed by atoms with Crippen LogP contribution in [-0.4, -0.2) is 27.4 Å². The highest BCUT2D eigenvalue weighted by atomic mass is 35.5. The first kappa shape index (κ1) is 25.5. The third-order valence-corrected chi connectivity index (χ3v) is 6.46. The van der Waals surface area contributed by atoms with Gasteiger partial charge < -0.3 is 15.4 Å². The molecule has 0 radical (unpaired) electrons. The van der Waals surface area contributed by atoms with Crippen LogP contribution in [0.1, 0.15) is 23.9 Å². The van der Waals surface area contributed by atoms with Gasteiger partial charge in [-0.15, -0.1) is 10.2 Å². The van der Waals surface area contributed by atoms with Crippen LogP contribution in [0.4, 0.5) is 14.9 Å². The number of benzene rings is 3. The Morgan fingerprint density at radius 3 is 2.56 bits per heavy atom. The average molecular weight is 526 g/mol. The maximum atomic E-state index is 13.3. The Labute approximate surface area is 218 Å². The molecule has 0 bridgehead atoms. The van der Waals surface area contributed by atoms with Crippen molar-refractivity contribution in [3.63, 3.8) is 0 Å². The number of aryl methyl sites for hydroxylation is 1. The summed E-state index contributed by atoms with van der Waals surface area (Å²) in [7, 11) is 0. The minimum Gasteiger partial charge on any atom is -0.494 e. The van der Waals surface area contributed by atoms with E-state index in [2.05, 4.69) is 20.8 Å². The van der Waals surface area contributed by atoms with E-state index in [0.717, 1.165) is 22.6 Å². The summed E-state index contributed by atoms with van der Waals surface area (Å²) in [6.45, 7) is 4.59. The second kappa shape index (κ2) is 11.9. The molecule has 0 aliphatic heterocycles. The number of hydrogen-bond acceptors (Lipinski definition) is 5. The van der Waals surface area contributed by atoms with Crippen LogP contribution >= 0.6 is 23.4 Å². The van der Waals surface area contributed by atoms with Gasteiger partial charge in [0, 0.05) is 16.5 Å². The summed E-state index contributed by atoms with van der Waals surface area (Å²) in [5, 5.41) is 15.5. The Bertz CT molecular complexity index is 1330. The second-order valence-electron chi connectivity index (χ2n) is 7.85. The molecule has 7 nitrogen and oxygen atoms in total. The first-order valence-corrected chi connectivity index (χ1v) is 12.6. The fourth-order valence-corrected chi connectivity index (χ4v) is 4.52. The van der Waals surface area contributed by atoms with Gasteiger partial charge in [0.05, 0.1) is 18.8 Å². The molecule has 1 heterocycles. The number of hydrogen-bond donors (Lipinski definition) is 2. The molecule has 4 aromatic rings. The lowest BCUT2D eigenvalue weighted by Gasteiger charge is -2.14. The number of amides is 2. The van der Waals surface area contributed by atoms with Gasteiger partial charge >= 0.3 is 6.03 Å². The standard InChI is InChI=1S/C26H25ClFN5O2S/c1-3-35-22-12-10-21(11-13-22)30-25(34)29-15-24-31-32-26(36-16-18-5-8-20(28)9-6-18)33(24)23-14-19(27)7-4-17(23)2/h4-14H,3,15-16H2,1-2H3,(H2,29,30,34).